The summed E-state index contributed by atoms with van der Waals surface area (Å²) in [6.45, 7) is 3.58. The summed E-state index contributed by atoms with van der Waals surface area (Å²) in [5.41, 5.74) is 2.14. The smallest absolute Gasteiger partial charge is 0.417 e. The van der Waals surface area contributed by atoms with Crippen LogP contribution in [0, 0.1) is 27.9 Å². The minimum Gasteiger partial charge on any atom is -0.497 e. The molecule has 3 aromatic rings. The number of oxime groups is 1. The molecule has 3 aromatic carbocycles. The Morgan fingerprint density at radius 2 is 1.66 bits per heavy atom. The molecule has 0 unspecified atom stereocenters. The van der Waals surface area contributed by atoms with Gasteiger partial charge in [-0.25, -0.2) is 9.59 Å². The van der Waals surface area contributed by atoms with Gasteiger partial charge in [0.1, 0.15) is 41.9 Å². The first-order valence-corrected chi connectivity index (χ1v) is 22.3. The summed E-state index contributed by atoms with van der Waals surface area (Å²) in [7, 11) is 4.43. The van der Waals surface area contributed by atoms with Crippen LogP contribution in [0.2, 0.25) is 0 Å². The molecule has 0 radical (unpaired) electrons. The summed E-state index contributed by atoms with van der Waals surface area (Å²) in [6, 6.07) is 14.1. The topological polar surface area (TPSA) is 239 Å². The molecule has 2 amide bonds. The van der Waals surface area contributed by atoms with Crippen LogP contribution in [0.4, 0.5) is 21.0 Å². The van der Waals surface area contributed by atoms with E-state index in [1.807, 2.05) is 0 Å². The Hall–Kier alpha value is -6.25. The number of nitro groups is 1. The second-order valence-electron chi connectivity index (χ2n) is 16.2. The van der Waals surface area contributed by atoms with E-state index in [2.05, 4.69) is 23.1 Å². The predicted molar refractivity (Wildman–Crippen MR) is 245 cm³/mol. The first kappa shape index (κ1) is 50.2. The van der Waals surface area contributed by atoms with E-state index in [-0.39, 0.29) is 81.6 Å². The summed E-state index contributed by atoms with van der Waals surface area (Å²) in [4.78, 5) is 46.0. The number of rotatable bonds is 24. The van der Waals surface area contributed by atoms with Gasteiger partial charge >= 0.3 is 12.2 Å². The van der Waals surface area contributed by atoms with Crippen molar-refractivity contribution in [3.05, 3.63) is 101 Å². The number of ether oxygens (including phenoxy) is 7. The first-order chi connectivity index (χ1) is 32.5. The molecule has 6 rings (SSSR count). The maximum Gasteiger partial charge on any atom is 0.417 e. The second kappa shape index (κ2) is 24.0. The lowest BCUT2D eigenvalue weighted by Crippen LogP contribution is -2.70. The standard InChI is InChI=1S/C48H60N4O15/c1-5-24-64-48-43(51(20-25-63-26-23-55)47(57)66-33-14-12-32(13-15-33)52(58)59)30-40(50-62-4)37-27-31(10-6-8-21-53)36(11-7-9-22-54)44(45(37)48)38-28-35(17-19-41(38)67-48)65-46(56)49-39-18-16-34(60-2)29-42(39)61-3/h5,12-19,27-29,31,36,43-45,53-55H,1,6-11,20-26,30H2,2-4H3,(H,49,56)/t31-,36+,43-,44+,45+,48+/m0/s1. The van der Waals surface area contributed by atoms with E-state index in [1.165, 1.54) is 50.5 Å². The third kappa shape index (κ3) is 11.7. The Morgan fingerprint density at radius 1 is 0.925 bits per heavy atom. The molecule has 2 aliphatic carbocycles. The predicted octanol–water partition coefficient (Wildman–Crippen LogP) is 7.00. The maximum atomic E-state index is 14.7. The maximum absolute atomic E-state index is 14.7. The highest BCUT2D eigenvalue weighted by atomic mass is 16.7. The number of carbonyl (C=O) groups is 2. The van der Waals surface area contributed by atoms with Crippen LogP contribution in [-0.2, 0) is 14.3 Å². The van der Waals surface area contributed by atoms with E-state index >= 15 is 0 Å². The highest BCUT2D eigenvalue weighted by Gasteiger charge is 2.65. The molecule has 6 atom stereocenters. The lowest BCUT2D eigenvalue weighted by atomic mass is 9.55. The number of aliphatic hydroxyl groups is 3. The van der Waals surface area contributed by atoms with Crippen LogP contribution in [-0.4, -0.2) is 122 Å². The number of non-ortho nitro benzene ring substituents is 1. The number of nitrogens with one attached hydrogen (secondary N) is 1. The van der Waals surface area contributed by atoms with E-state index in [0.717, 1.165) is 5.57 Å². The number of methoxy groups -OCH3 is 2. The molecule has 1 saturated carbocycles. The molecule has 4 N–H and O–H groups in total. The molecular weight excluding hydrogens is 873 g/mol. The number of allylic oxidation sites excluding steroid dienone is 1. The zero-order valence-electron chi connectivity index (χ0n) is 38.0. The molecule has 1 fully saturated rings. The van der Waals surface area contributed by atoms with Gasteiger partial charge in [-0.3, -0.25) is 20.3 Å². The molecule has 3 aliphatic rings. The van der Waals surface area contributed by atoms with Gasteiger partial charge in [0.15, 0.2) is 0 Å². The Bertz CT molecular complexity index is 2240. The fourth-order valence-corrected chi connectivity index (χ4v) is 9.47. The number of anilines is 1. The minimum absolute atomic E-state index is 0.00485. The van der Waals surface area contributed by atoms with Gasteiger partial charge in [-0.05, 0) is 85.6 Å². The zero-order chi connectivity index (χ0) is 47.9. The van der Waals surface area contributed by atoms with Crippen LogP contribution in [0.15, 0.2) is 90.1 Å². The molecule has 0 saturated heterocycles. The lowest BCUT2D eigenvalue weighted by molar-refractivity contribution is -0.384. The SMILES string of the molecule is C=CCO[C@@]12Oc3ccc(OC(=O)Nc4ccc(OC)cc4OC)cc3[C@H]3[C@H](CCCCO)[C@@H](CCCCO)C=C(C(=NOC)C[C@@H]1N(CCOCCO)C(=O)Oc1ccc([N+](=O)[O-])cc1)[C@H]32. The number of nitrogens with zero attached hydrogens (tertiary/aromatic N) is 3. The number of fused-ring (bicyclic) bond motifs is 2. The molecule has 19 heteroatoms. The third-order valence-corrected chi connectivity index (χ3v) is 12.3. The van der Waals surface area contributed by atoms with Gasteiger partial charge in [0.25, 0.3) is 5.69 Å². The van der Waals surface area contributed by atoms with E-state index < -0.39 is 40.8 Å². The molecule has 0 spiro atoms. The number of amides is 2. The average molecular weight is 933 g/mol. The normalized spacial score (nSPS) is 22.0. The van der Waals surface area contributed by atoms with Crippen LogP contribution >= 0.6 is 0 Å². The number of hydrogen-bond acceptors (Lipinski definition) is 16. The monoisotopic (exact) mass is 932 g/mol. The van der Waals surface area contributed by atoms with Crippen LogP contribution in [0.25, 0.3) is 0 Å². The fourth-order valence-electron chi connectivity index (χ4n) is 9.47. The van der Waals surface area contributed by atoms with Crippen molar-refractivity contribution in [3.63, 3.8) is 0 Å². The molecule has 1 heterocycles. The molecule has 0 aromatic heterocycles. The molecule has 0 bridgehead atoms. The Balaban J connectivity index is 1.51. The number of nitro benzene ring substituents is 1. The van der Waals surface area contributed by atoms with Crippen molar-refractivity contribution in [1.82, 2.24) is 4.90 Å². The number of hydrogen-bond donors (Lipinski definition) is 4. The van der Waals surface area contributed by atoms with Crippen molar-refractivity contribution in [2.24, 2.45) is 22.9 Å². The number of benzene rings is 3. The summed E-state index contributed by atoms with van der Waals surface area (Å²) in [5, 5.41) is 48.1. The Morgan fingerprint density at radius 3 is 2.33 bits per heavy atom. The Labute approximate surface area is 389 Å². The van der Waals surface area contributed by atoms with Gasteiger partial charge in [-0.1, -0.05) is 30.1 Å². The quantitative estimate of drug-likeness (QED) is 0.0306. The number of carbonyl (C=O) groups excluding carboxylic acids is 2. The van der Waals surface area contributed by atoms with Gasteiger partial charge in [-0.15, -0.1) is 6.58 Å². The van der Waals surface area contributed by atoms with Crippen molar-refractivity contribution in [2.45, 2.75) is 62.7 Å². The summed E-state index contributed by atoms with van der Waals surface area (Å²) in [5.74, 6) is -1.51. The van der Waals surface area contributed by atoms with Crippen LogP contribution < -0.4 is 29.0 Å². The number of aliphatic hydroxyl groups excluding tert-OH is 3. The van der Waals surface area contributed by atoms with Gasteiger partial charge in [0.05, 0.1) is 62.9 Å². The number of unbranched alkanes of at least 4 members (excludes halogenated alkanes) is 2. The lowest BCUT2D eigenvalue weighted by Gasteiger charge is -2.59. The molecule has 362 valence electrons. The summed E-state index contributed by atoms with van der Waals surface area (Å²) < 4.78 is 42.5. The van der Waals surface area contributed by atoms with Crippen molar-refractivity contribution in [3.8, 4) is 28.7 Å². The van der Waals surface area contributed by atoms with Crippen molar-refractivity contribution in [1.29, 1.82) is 0 Å². The third-order valence-electron chi connectivity index (χ3n) is 12.3. The highest BCUT2D eigenvalue weighted by molar-refractivity contribution is 6.03. The highest BCUT2D eigenvalue weighted by Crippen LogP contribution is 2.62. The molecular formula is C48H60N4O15. The van der Waals surface area contributed by atoms with Crippen LogP contribution in [0.5, 0.6) is 28.7 Å². The average Bonchev–Trinajstić information content (AvgIpc) is 3.32. The fraction of sp³-hybridized carbons (Fsp3) is 0.479. The summed E-state index contributed by atoms with van der Waals surface area (Å²) in [6.07, 6.45) is 6.04. The van der Waals surface area contributed by atoms with Gasteiger partial charge < -0.3 is 53.3 Å². The van der Waals surface area contributed by atoms with Gasteiger partial charge in [0, 0.05) is 55.9 Å². The van der Waals surface area contributed by atoms with Crippen LogP contribution in [0.3, 0.4) is 0 Å². The second-order valence-corrected chi connectivity index (χ2v) is 16.2. The van der Waals surface area contributed by atoms with Gasteiger partial charge in [0.2, 0.25) is 5.79 Å². The van der Waals surface area contributed by atoms with Gasteiger partial charge in [-0.2, -0.15) is 0 Å². The molecule has 1 aliphatic heterocycles. The first-order valence-electron chi connectivity index (χ1n) is 22.3. The molecule has 19 nitrogen and oxygen atoms in total. The van der Waals surface area contributed by atoms with E-state index in [4.69, 9.17) is 38.0 Å². The molecule has 67 heavy (non-hydrogen) atoms. The largest absolute Gasteiger partial charge is 0.497 e. The summed E-state index contributed by atoms with van der Waals surface area (Å²) >= 11 is 0. The zero-order valence-corrected chi connectivity index (χ0v) is 38.0. The minimum atomic E-state index is -1.67. The Kier molecular flexibility index (Phi) is 18.0. The van der Waals surface area contributed by atoms with Crippen LogP contribution in [0.1, 0.15) is 56.4 Å². The van der Waals surface area contributed by atoms with Crippen molar-refractivity contribution >= 4 is 29.3 Å². The van der Waals surface area contributed by atoms with E-state index in [1.54, 1.807) is 42.5 Å². The van der Waals surface area contributed by atoms with E-state index in [0.29, 0.717) is 72.7 Å². The van der Waals surface area contributed by atoms with Crippen molar-refractivity contribution < 1.29 is 67.8 Å². The van der Waals surface area contributed by atoms with E-state index in [9.17, 15) is 35.0 Å². The van der Waals surface area contributed by atoms with Crippen molar-refractivity contribution in [2.75, 3.05) is 72.8 Å².